The van der Waals surface area contributed by atoms with Crippen molar-refractivity contribution in [3.05, 3.63) is 29.8 Å². The second kappa shape index (κ2) is 8.18. The van der Waals surface area contributed by atoms with Gasteiger partial charge in [0, 0.05) is 42.4 Å². The highest BCUT2D eigenvalue weighted by molar-refractivity contribution is 7.99. The molecule has 0 aromatic heterocycles. The van der Waals surface area contributed by atoms with Crippen molar-refractivity contribution >= 4 is 11.8 Å². The van der Waals surface area contributed by atoms with Gasteiger partial charge in [-0.3, -0.25) is 4.90 Å². The maximum Gasteiger partial charge on any atom is 0.0594 e. The van der Waals surface area contributed by atoms with Crippen molar-refractivity contribution in [2.45, 2.75) is 37.8 Å². The summed E-state index contributed by atoms with van der Waals surface area (Å²) in [5.74, 6) is 1.15. The number of nitrogens with zero attached hydrogens (tertiary/aromatic N) is 1. The Labute approximate surface area is 133 Å². The molecule has 1 aromatic carbocycles. The van der Waals surface area contributed by atoms with Crippen LogP contribution in [0, 0.1) is 0 Å². The molecule has 0 spiro atoms. The van der Waals surface area contributed by atoms with Gasteiger partial charge < -0.3 is 10.1 Å². The van der Waals surface area contributed by atoms with Crippen molar-refractivity contribution in [3.8, 4) is 0 Å². The molecule has 0 radical (unpaired) electrons. The van der Waals surface area contributed by atoms with Crippen LogP contribution in [-0.2, 0) is 11.3 Å². The summed E-state index contributed by atoms with van der Waals surface area (Å²) in [6.07, 6.45) is 0. The number of nitrogens with one attached hydrogen (secondary N) is 1. The zero-order chi connectivity index (χ0) is 15.1. The van der Waals surface area contributed by atoms with Crippen molar-refractivity contribution in [2.75, 3.05) is 38.6 Å². The number of thioether (sulfide) groups is 1. The number of hydrogen-bond acceptors (Lipinski definition) is 4. The molecule has 0 bridgehead atoms. The van der Waals surface area contributed by atoms with Crippen LogP contribution in [0.4, 0.5) is 0 Å². The lowest BCUT2D eigenvalue weighted by Gasteiger charge is -2.26. The summed E-state index contributed by atoms with van der Waals surface area (Å²) < 4.78 is 5.37. The highest BCUT2D eigenvalue weighted by Gasteiger charge is 2.10. The predicted molar refractivity (Wildman–Crippen MR) is 91.0 cm³/mol. The van der Waals surface area contributed by atoms with Crippen molar-refractivity contribution in [3.63, 3.8) is 0 Å². The van der Waals surface area contributed by atoms with Crippen LogP contribution in [0.25, 0.3) is 0 Å². The van der Waals surface area contributed by atoms with E-state index in [-0.39, 0.29) is 5.54 Å². The fourth-order valence-corrected chi connectivity index (χ4v) is 3.10. The van der Waals surface area contributed by atoms with E-state index >= 15 is 0 Å². The first kappa shape index (κ1) is 16.8. The van der Waals surface area contributed by atoms with Gasteiger partial charge in [0.1, 0.15) is 0 Å². The first-order valence-electron chi connectivity index (χ1n) is 7.80. The average Bonchev–Trinajstić information content (AvgIpc) is 2.47. The van der Waals surface area contributed by atoms with E-state index in [1.54, 1.807) is 0 Å². The summed E-state index contributed by atoms with van der Waals surface area (Å²) in [5, 5.41) is 3.52. The zero-order valence-electron chi connectivity index (χ0n) is 13.5. The highest BCUT2D eigenvalue weighted by Crippen LogP contribution is 2.19. The molecule has 1 aliphatic heterocycles. The number of ether oxygens (including phenoxy) is 1. The van der Waals surface area contributed by atoms with Crippen LogP contribution < -0.4 is 5.32 Å². The van der Waals surface area contributed by atoms with Crippen LogP contribution >= 0.6 is 11.8 Å². The van der Waals surface area contributed by atoms with Gasteiger partial charge in [0.15, 0.2) is 0 Å². The normalized spacial score (nSPS) is 17.1. The minimum Gasteiger partial charge on any atom is -0.379 e. The third kappa shape index (κ3) is 6.83. The van der Waals surface area contributed by atoms with Crippen molar-refractivity contribution in [2.24, 2.45) is 0 Å². The molecule has 118 valence electrons. The Hall–Kier alpha value is -0.550. The van der Waals surface area contributed by atoms with Crippen molar-refractivity contribution in [1.29, 1.82) is 0 Å². The smallest absolute Gasteiger partial charge is 0.0594 e. The van der Waals surface area contributed by atoms with Crippen LogP contribution in [-0.4, -0.2) is 49.0 Å². The molecular formula is C17H28N2OS. The lowest BCUT2D eigenvalue weighted by atomic mass is 10.1. The largest absolute Gasteiger partial charge is 0.379 e. The quantitative estimate of drug-likeness (QED) is 0.817. The lowest BCUT2D eigenvalue weighted by molar-refractivity contribution is 0.0410. The van der Waals surface area contributed by atoms with E-state index < -0.39 is 0 Å². The molecule has 1 N–H and O–H groups in total. The molecule has 2 rings (SSSR count). The van der Waals surface area contributed by atoms with E-state index in [1.165, 1.54) is 10.5 Å². The third-order valence-electron chi connectivity index (χ3n) is 3.53. The molecule has 0 aliphatic carbocycles. The Bertz CT molecular complexity index is 408. The third-order valence-corrected chi connectivity index (χ3v) is 4.52. The Kier molecular flexibility index (Phi) is 6.55. The molecule has 1 aliphatic rings. The number of hydrogen-bond donors (Lipinski definition) is 1. The molecule has 4 heteroatoms. The Morgan fingerprint density at radius 3 is 2.43 bits per heavy atom. The molecular weight excluding hydrogens is 280 g/mol. The summed E-state index contributed by atoms with van der Waals surface area (Å²) in [6.45, 7) is 12.6. The van der Waals surface area contributed by atoms with E-state index in [2.05, 4.69) is 55.3 Å². The molecule has 1 aromatic rings. The maximum absolute atomic E-state index is 5.37. The van der Waals surface area contributed by atoms with E-state index in [0.29, 0.717) is 0 Å². The Balaban J connectivity index is 1.69. The molecule has 0 unspecified atom stereocenters. The number of benzene rings is 1. The fraction of sp³-hybridized carbons (Fsp3) is 0.647. The van der Waals surface area contributed by atoms with Crippen LogP contribution in [0.5, 0.6) is 0 Å². The van der Waals surface area contributed by atoms with Gasteiger partial charge in [-0.25, -0.2) is 0 Å². The topological polar surface area (TPSA) is 24.5 Å². The van der Waals surface area contributed by atoms with Gasteiger partial charge in [0.05, 0.1) is 13.2 Å². The average molecular weight is 308 g/mol. The Morgan fingerprint density at radius 1 is 1.14 bits per heavy atom. The maximum atomic E-state index is 5.37. The van der Waals surface area contributed by atoms with Gasteiger partial charge in [0.25, 0.3) is 0 Å². The summed E-state index contributed by atoms with van der Waals surface area (Å²) in [5.41, 5.74) is 1.52. The van der Waals surface area contributed by atoms with Crippen molar-refractivity contribution < 1.29 is 4.74 Å². The standard InChI is InChI=1S/C17H28N2OS/c1-17(2,3)18-14-15-4-6-16(7-5-15)21-13-10-19-8-11-20-12-9-19/h4-7,18H,8-14H2,1-3H3. The van der Waals surface area contributed by atoms with Crippen LogP contribution in [0.2, 0.25) is 0 Å². The van der Waals surface area contributed by atoms with Gasteiger partial charge in [0.2, 0.25) is 0 Å². The molecule has 1 saturated heterocycles. The molecule has 21 heavy (non-hydrogen) atoms. The molecule has 1 fully saturated rings. The minimum atomic E-state index is 0.172. The predicted octanol–water partition coefficient (Wildman–Crippen LogP) is 3.00. The van der Waals surface area contributed by atoms with Crippen LogP contribution in [0.3, 0.4) is 0 Å². The molecule has 0 saturated carbocycles. The number of rotatable bonds is 6. The first-order valence-corrected chi connectivity index (χ1v) is 8.78. The van der Waals surface area contributed by atoms with E-state index in [1.807, 2.05) is 11.8 Å². The first-order chi connectivity index (χ1) is 10.0. The summed E-state index contributed by atoms with van der Waals surface area (Å²) >= 11 is 1.94. The molecule has 0 amide bonds. The summed E-state index contributed by atoms with van der Waals surface area (Å²) in [4.78, 5) is 3.85. The second-order valence-electron chi connectivity index (χ2n) is 6.55. The van der Waals surface area contributed by atoms with Crippen LogP contribution in [0.1, 0.15) is 26.3 Å². The molecule has 0 atom stereocenters. The SMILES string of the molecule is CC(C)(C)NCc1ccc(SCCN2CCOCC2)cc1. The van der Waals surface area contributed by atoms with E-state index in [9.17, 15) is 0 Å². The number of morpholine rings is 1. The van der Waals surface area contributed by atoms with Crippen molar-refractivity contribution in [1.82, 2.24) is 10.2 Å². The van der Waals surface area contributed by atoms with E-state index in [0.717, 1.165) is 45.1 Å². The van der Waals surface area contributed by atoms with E-state index in [4.69, 9.17) is 4.74 Å². The Morgan fingerprint density at radius 2 is 1.81 bits per heavy atom. The molecule has 3 nitrogen and oxygen atoms in total. The van der Waals surface area contributed by atoms with Crippen LogP contribution in [0.15, 0.2) is 29.2 Å². The van der Waals surface area contributed by atoms with Gasteiger partial charge in [-0.15, -0.1) is 11.8 Å². The van der Waals surface area contributed by atoms with Gasteiger partial charge in [-0.1, -0.05) is 12.1 Å². The lowest BCUT2D eigenvalue weighted by Crippen LogP contribution is -2.37. The summed E-state index contributed by atoms with van der Waals surface area (Å²) in [7, 11) is 0. The molecule has 1 heterocycles. The highest BCUT2D eigenvalue weighted by atomic mass is 32.2. The monoisotopic (exact) mass is 308 g/mol. The fourth-order valence-electron chi connectivity index (χ4n) is 2.19. The second-order valence-corrected chi connectivity index (χ2v) is 7.72. The summed E-state index contributed by atoms with van der Waals surface area (Å²) in [6, 6.07) is 8.94. The van der Waals surface area contributed by atoms with Gasteiger partial charge in [-0.05, 0) is 38.5 Å². The van der Waals surface area contributed by atoms with Gasteiger partial charge >= 0.3 is 0 Å². The minimum absolute atomic E-state index is 0.172. The van der Waals surface area contributed by atoms with Gasteiger partial charge in [-0.2, -0.15) is 0 Å². The zero-order valence-corrected chi connectivity index (χ0v) is 14.3.